The second-order valence-corrected chi connectivity index (χ2v) is 4.55. The third-order valence-electron chi connectivity index (χ3n) is 3.41. The Morgan fingerprint density at radius 3 is 2.27 bits per heavy atom. The first-order valence-corrected chi connectivity index (χ1v) is 5.96. The first-order valence-electron chi connectivity index (χ1n) is 5.96. The first-order chi connectivity index (χ1) is 6.74. The molecule has 0 aromatic carbocycles. The SMILES string of the molecule is CCCCCC1CCC(C(=O)O)CC1.Cl. The van der Waals surface area contributed by atoms with Crippen molar-refractivity contribution in [3.8, 4) is 0 Å². The summed E-state index contributed by atoms with van der Waals surface area (Å²) in [7, 11) is 0. The van der Waals surface area contributed by atoms with Crippen molar-refractivity contribution in [3.05, 3.63) is 0 Å². The maximum absolute atomic E-state index is 10.7. The number of carboxylic acids is 1. The van der Waals surface area contributed by atoms with Gasteiger partial charge in [0.2, 0.25) is 0 Å². The van der Waals surface area contributed by atoms with Crippen LogP contribution in [0, 0.1) is 11.8 Å². The van der Waals surface area contributed by atoms with E-state index in [1.807, 2.05) is 0 Å². The van der Waals surface area contributed by atoms with E-state index in [2.05, 4.69) is 6.92 Å². The second-order valence-electron chi connectivity index (χ2n) is 4.55. The number of aliphatic carboxylic acids is 1. The van der Waals surface area contributed by atoms with Crippen molar-refractivity contribution >= 4 is 18.4 Å². The number of carbonyl (C=O) groups is 1. The van der Waals surface area contributed by atoms with Crippen LogP contribution in [0.3, 0.4) is 0 Å². The summed E-state index contributed by atoms with van der Waals surface area (Å²) in [5.41, 5.74) is 0. The molecule has 1 saturated carbocycles. The minimum absolute atomic E-state index is 0. The third-order valence-corrected chi connectivity index (χ3v) is 3.41. The fourth-order valence-electron chi connectivity index (χ4n) is 2.38. The molecule has 0 unspecified atom stereocenters. The molecule has 90 valence electrons. The van der Waals surface area contributed by atoms with E-state index in [9.17, 15) is 4.79 Å². The average molecular weight is 235 g/mol. The van der Waals surface area contributed by atoms with Gasteiger partial charge in [-0.05, 0) is 31.6 Å². The fourth-order valence-corrected chi connectivity index (χ4v) is 2.38. The molecule has 1 aliphatic rings. The molecule has 3 heteroatoms. The highest BCUT2D eigenvalue weighted by Crippen LogP contribution is 2.31. The topological polar surface area (TPSA) is 37.3 Å². The van der Waals surface area contributed by atoms with E-state index in [1.165, 1.54) is 25.7 Å². The summed E-state index contributed by atoms with van der Waals surface area (Å²) < 4.78 is 0. The van der Waals surface area contributed by atoms with Gasteiger partial charge in [-0.25, -0.2) is 0 Å². The number of unbranched alkanes of at least 4 members (excludes halogenated alkanes) is 2. The van der Waals surface area contributed by atoms with Crippen molar-refractivity contribution in [1.29, 1.82) is 0 Å². The minimum Gasteiger partial charge on any atom is -0.481 e. The average Bonchev–Trinajstić information content (AvgIpc) is 2.19. The summed E-state index contributed by atoms with van der Waals surface area (Å²) in [4.78, 5) is 10.7. The van der Waals surface area contributed by atoms with Gasteiger partial charge in [-0.15, -0.1) is 12.4 Å². The van der Waals surface area contributed by atoms with Crippen LogP contribution in [0.5, 0.6) is 0 Å². The molecule has 15 heavy (non-hydrogen) atoms. The predicted molar refractivity (Wildman–Crippen MR) is 64.5 cm³/mol. The molecule has 1 rings (SSSR count). The molecule has 0 heterocycles. The molecule has 1 aliphatic carbocycles. The standard InChI is InChI=1S/C12H22O2.ClH/c1-2-3-4-5-10-6-8-11(9-7-10)12(13)14;/h10-11H,2-9H2,1H3,(H,13,14);1H. The molecule has 0 aromatic rings. The Morgan fingerprint density at radius 2 is 1.80 bits per heavy atom. The lowest BCUT2D eigenvalue weighted by Crippen LogP contribution is -2.21. The number of halogens is 1. The Balaban J connectivity index is 0.00000196. The molecule has 2 nitrogen and oxygen atoms in total. The van der Waals surface area contributed by atoms with Gasteiger partial charge in [0, 0.05) is 0 Å². The van der Waals surface area contributed by atoms with Crippen LogP contribution in [-0.4, -0.2) is 11.1 Å². The highest BCUT2D eigenvalue weighted by molar-refractivity contribution is 5.85. The Morgan fingerprint density at radius 1 is 1.20 bits per heavy atom. The summed E-state index contributed by atoms with van der Waals surface area (Å²) in [5, 5.41) is 8.84. The largest absolute Gasteiger partial charge is 0.481 e. The van der Waals surface area contributed by atoms with Crippen LogP contribution in [0.4, 0.5) is 0 Å². The molecule has 0 saturated heterocycles. The number of hydrogen-bond acceptors (Lipinski definition) is 1. The fraction of sp³-hybridized carbons (Fsp3) is 0.917. The maximum Gasteiger partial charge on any atom is 0.306 e. The van der Waals surface area contributed by atoms with Gasteiger partial charge in [0.25, 0.3) is 0 Å². The zero-order valence-corrected chi connectivity index (χ0v) is 10.4. The lowest BCUT2D eigenvalue weighted by molar-refractivity contribution is -0.143. The molecule has 1 N–H and O–H groups in total. The second kappa shape index (κ2) is 7.98. The highest BCUT2D eigenvalue weighted by Gasteiger charge is 2.25. The van der Waals surface area contributed by atoms with Gasteiger partial charge in [0.1, 0.15) is 0 Å². The smallest absolute Gasteiger partial charge is 0.306 e. The molecule has 0 spiro atoms. The van der Waals surface area contributed by atoms with Gasteiger partial charge in [0.05, 0.1) is 5.92 Å². The highest BCUT2D eigenvalue weighted by atomic mass is 35.5. The Hall–Kier alpha value is -0.240. The lowest BCUT2D eigenvalue weighted by Gasteiger charge is -2.25. The monoisotopic (exact) mass is 234 g/mol. The molecule has 0 aliphatic heterocycles. The van der Waals surface area contributed by atoms with Gasteiger partial charge in [-0.3, -0.25) is 4.79 Å². The lowest BCUT2D eigenvalue weighted by atomic mass is 9.80. The molecule has 0 radical (unpaired) electrons. The van der Waals surface area contributed by atoms with E-state index in [4.69, 9.17) is 5.11 Å². The van der Waals surface area contributed by atoms with Gasteiger partial charge < -0.3 is 5.11 Å². The normalized spacial score (nSPS) is 25.7. The van der Waals surface area contributed by atoms with E-state index >= 15 is 0 Å². The van der Waals surface area contributed by atoms with Gasteiger partial charge in [-0.1, -0.05) is 32.6 Å². The van der Waals surface area contributed by atoms with E-state index in [-0.39, 0.29) is 18.3 Å². The summed E-state index contributed by atoms with van der Waals surface area (Å²) >= 11 is 0. The minimum atomic E-state index is -0.586. The van der Waals surface area contributed by atoms with Crippen molar-refractivity contribution in [2.45, 2.75) is 58.3 Å². The quantitative estimate of drug-likeness (QED) is 0.733. The van der Waals surface area contributed by atoms with Crippen molar-refractivity contribution in [1.82, 2.24) is 0 Å². The van der Waals surface area contributed by atoms with Crippen LogP contribution in [0.1, 0.15) is 58.3 Å². The number of rotatable bonds is 5. The van der Waals surface area contributed by atoms with Gasteiger partial charge in [0.15, 0.2) is 0 Å². The number of hydrogen-bond donors (Lipinski definition) is 1. The molecule has 0 atom stereocenters. The van der Waals surface area contributed by atoms with Crippen molar-refractivity contribution in [2.75, 3.05) is 0 Å². The Bertz CT molecular complexity index is 174. The summed E-state index contributed by atoms with van der Waals surface area (Å²) in [6, 6.07) is 0. The molecule has 0 amide bonds. The van der Waals surface area contributed by atoms with E-state index in [0.29, 0.717) is 0 Å². The van der Waals surface area contributed by atoms with Crippen LogP contribution in [0.25, 0.3) is 0 Å². The van der Waals surface area contributed by atoms with Crippen LogP contribution in [0.15, 0.2) is 0 Å². The van der Waals surface area contributed by atoms with Crippen LogP contribution in [0.2, 0.25) is 0 Å². The van der Waals surface area contributed by atoms with Crippen molar-refractivity contribution < 1.29 is 9.90 Å². The Labute approximate surface area is 98.9 Å². The van der Waals surface area contributed by atoms with E-state index in [1.54, 1.807) is 0 Å². The maximum atomic E-state index is 10.7. The third kappa shape index (κ3) is 5.41. The van der Waals surface area contributed by atoms with Crippen molar-refractivity contribution in [3.63, 3.8) is 0 Å². The summed E-state index contributed by atoms with van der Waals surface area (Å²) in [6.07, 6.45) is 9.36. The van der Waals surface area contributed by atoms with Crippen LogP contribution >= 0.6 is 12.4 Å². The molecular weight excluding hydrogens is 212 g/mol. The van der Waals surface area contributed by atoms with E-state index < -0.39 is 5.97 Å². The van der Waals surface area contributed by atoms with Crippen molar-refractivity contribution in [2.24, 2.45) is 11.8 Å². The molecule has 0 bridgehead atoms. The summed E-state index contributed by atoms with van der Waals surface area (Å²) in [6.45, 7) is 2.22. The van der Waals surface area contributed by atoms with E-state index in [0.717, 1.165) is 31.6 Å². The molecule has 0 aromatic heterocycles. The van der Waals surface area contributed by atoms with Gasteiger partial charge in [-0.2, -0.15) is 0 Å². The first kappa shape index (κ1) is 14.8. The predicted octanol–water partition coefficient (Wildman–Crippen LogP) is 3.88. The van der Waals surface area contributed by atoms with Crippen LogP contribution in [-0.2, 0) is 4.79 Å². The van der Waals surface area contributed by atoms with Crippen LogP contribution < -0.4 is 0 Å². The van der Waals surface area contributed by atoms with Gasteiger partial charge >= 0.3 is 5.97 Å². The zero-order valence-electron chi connectivity index (χ0n) is 9.58. The summed E-state index contributed by atoms with van der Waals surface area (Å²) in [5.74, 6) is 0.187. The molecule has 1 fully saturated rings. The molecular formula is C12H23ClO2. The Kier molecular flexibility index (Phi) is 7.85. The number of carboxylic acid groups (broad SMARTS) is 1. The zero-order chi connectivity index (χ0) is 10.4.